The van der Waals surface area contributed by atoms with Gasteiger partial charge in [-0.2, -0.15) is 0 Å². The van der Waals surface area contributed by atoms with E-state index < -0.39 is 6.16 Å². The zero-order chi connectivity index (χ0) is 12.8. The first-order valence-electron chi connectivity index (χ1n) is 5.77. The Kier molecular flexibility index (Phi) is 4.98. The molecule has 4 nitrogen and oxygen atoms in total. The van der Waals surface area contributed by atoms with Crippen LogP contribution >= 0.6 is 12.1 Å². The summed E-state index contributed by atoms with van der Waals surface area (Å²) in [4.78, 5) is 11.0. The summed E-state index contributed by atoms with van der Waals surface area (Å²) in [6, 6.07) is 9.37. The van der Waals surface area contributed by atoms with E-state index >= 15 is 0 Å². The lowest BCUT2D eigenvalue weighted by molar-refractivity contribution is 0.0758. The number of rotatable bonds is 4. The Bertz CT molecular complexity index is 385. The van der Waals surface area contributed by atoms with E-state index in [0.717, 1.165) is 22.0 Å². The third kappa shape index (κ3) is 3.97. The Balaban J connectivity index is 1.93. The Morgan fingerprint density at radius 3 is 2.61 bits per heavy atom. The van der Waals surface area contributed by atoms with Gasteiger partial charge in [-0.3, -0.25) is 0 Å². The number of benzene rings is 1. The number of ether oxygens (including phenoxy) is 1. The molecule has 0 atom stereocenters. The summed E-state index contributed by atoms with van der Waals surface area (Å²) in [5, 5.41) is 0. The highest BCUT2D eigenvalue weighted by molar-refractivity contribution is 7.95. The molecule has 0 aliphatic carbocycles. The Morgan fingerprint density at radius 1 is 1.33 bits per heavy atom. The van der Waals surface area contributed by atoms with Gasteiger partial charge in [-0.15, -0.1) is 4.39 Å². The van der Waals surface area contributed by atoms with Gasteiger partial charge >= 0.3 is 6.16 Å². The van der Waals surface area contributed by atoms with Gasteiger partial charge in [0.25, 0.3) is 0 Å². The summed E-state index contributed by atoms with van der Waals surface area (Å²) in [5.41, 5.74) is 0.907. The summed E-state index contributed by atoms with van der Waals surface area (Å²) in [6.07, 6.45) is -1.42. The van der Waals surface area contributed by atoms with Crippen molar-refractivity contribution in [3.63, 3.8) is 0 Å². The van der Waals surface area contributed by atoms with Crippen molar-refractivity contribution >= 4 is 18.3 Å². The molecule has 1 fully saturated rings. The van der Waals surface area contributed by atoms with Crippen LogP contribution in [0.5, 0.6) is 0 Å². The maximum atomic E-state index is 13.0. The fourth-order valence-electron chi connectivity index (χ4n) is 1.64. The summed E-state index contributed by atoms with van der Waals surface area (Å²) in [6.45, 7) is 2.89. The number of amides is 1. The molecule has 0 aromatic heterocycles. The molecule has 1 amide bonds. The van der Waals surface area contributed by atoms with E-state index in [1.807, 2.05) is 34.6 Å². The molecule has 0 spiro atoms. The third-order valence-electron chi connectivity index (χ3n) is 2.55. The molecule has 0 unspecified atom stereocenters. The van der Waals surface area contributed by atoms with Crippen molar-refractivity contribution in [1.29, 1.82) is 0 Å². The predicted octanol–water partition coefficient (Wildman–Crippen LogP) is 2.47. The second kappa shape index (κ2) is 6.72. The van der Waals surface area contributed by atoms with Crippen molar-refractivity contribution in [2.75, 3.05) is 26.3 Å². The van der Waals surface area contributed by atoms with Gasteiger partial charge < -0.3 is 4.74 Å². The molecule has 0 N–H and O–H groups in total. The number of carbonyl (C=O) groups excluding carboxylic acids is 1. The van der Waals surface area contributed by atoms with E-state index in [2.05, 4.69) is 0 Å². The first-order chi connectivity index (χ1) is 8.75. The van der Waals surface area contributed by atoms with Crippen LogP contribution in [-0.4, -0.2) is 41.1 Å². The number of nitrogens with zero attached hydrogens (tertiary/aromatic N) is 2. The van der Waals surface area contributed by atoms with Gasteiger partial charge in [0.05, 0.1) is 19.8 Å². The van der Waals surface area contributed by atoms with E-state index in [-0.39, 0.29) is 6.54 Å². The van der Waals surface area contributed by atoms with Crippen LogP contribution in [-0.2, 0) is 11.3 Å². The normalized spacial score (nSPS) is 16.5. The number of hydrogen-bond donors (Lipinski definition) is 0. The van der Waals surface area contributed by atoms with Crippen LogP contribution in [0.1, 0.15) is 5.56 Å². The quantitative estimate of drug-likeness (QED) is 0.478. The maximum absolute atomic E-state index is 13.0. The average molecular weight is 270 g/mol. The Morgan fingerprint density at radius 2 is 2.00 bits per heavy atom. The molecule has 1 aliphatic heterocycles. The van der Waals surface area contributed by atoms with Crippen molar-refractivity contribution in [2.45, 2.75) is 6.54 Å². The molecule has 1 aliphatic rings. The SMILES string of the molecule is O=C(F)N(Cc1ccccc1)SN1CCOCC1. The van der Waals surface area contributed by atoms with Gasteiger partial charge in [-0.25, -0.2) is 13.4 Å². The van der Waals surface area contributed by atoms with Crippen LogP contribution < -0.4 is 0 Å². The number of halogens is 1. The van der Waals surface area contributed by atoms with Crippen molar-refractivity contribution in [3.8, 4) is 0 Å². The summed E-state index contributed by atoms with van der Waals surface area (Å²) < 4.78 is 21.3. The van der Waals surface area contributed by atoms with Gasteiger partial charge in [0.2, 0.25) is 0 Å². The lowest BCUT2D eigenvalue weighted by atomic mass is 10.2. The second-order valence-electron chi connectivity index (χ2n) is 3.90. The number of carbonyl (C=O) groups is 1. The average Bonchev–Trinajstić information content (AvgIpc) is 2.40. The lowest BCUT2D eigenvalue weighted by Crippen LogP contribution is -2.35. The molecule has 1 aromatic carbocycles. The van der Waals surface area contributed by atoms with Gasteiger partial charge in [0.15, 0.2) is 0 Å². The van der Waals surface area contributed by atoms with Crippen LogP contribution in [0.4, 0.5) is 9.18 Å². The third-order valence-corrected chi connectivity index (χ3v) is 3.62. The molecule has 1 aromatic rings. The van der Waals surface area contributed by atoms with Crippen LogP contribution in [0.25, 0.3) is 0 Å². The highest BCUT2D eigenvalue weighted by atomic mass is 32.2. The standard InChI is InChI=1S/C12H15FN2O2S/c13-12(16)15(10-11-4-2-1-3-5-11)18-14-6-8-17-9-7-14/h1-5H,6-10H2. The Labute approximate surface area is 110 Å². The number of morpholine rings is 1. The predicted molar refractivity (Wildman–Crippen MR) is 68.5 cm³/mol. The lowest BCUT2D eigenvalue weighted by Gasteiger charge is -2.29. The van der Waals surface area contributed by atoms with E-state index in [0.29, 0.717) is 26.3 Å². The van der Waals surface area contributed by atoms with Gasteiger partial charge in [-0.1, -0.05) is 30.3 Å². The van der Waals surface area contributed by atoms with Crippen molar-refractivity contribution in [3.05, 3.63) is 35.9 Å². The maximum Gasteiger partial charge on any atom is 0.411 e. The first-order valence-corrected chi connectivity index (χ1v) is 6.50. The van der Waals surface area contributed by atoms with Gasteiger partial charge in [0.1, 0.15) is 0 Å². The molecule has 0 saturated carbocycles. The first kappa shape index (κ1) is 13.3. The van der Waals surface area contributed by atoms with Crippen molar-refractivity contribution in [2.24, 2.45) is 0 Å². The minimum atomic E-state index is -1.42. The Hall–Kier alpha value is -1.11. The molecule has 1 heterocycles. The number of hydrogen-bond acceptors (Lipinski definition) is 4. The van der Waals surface area contributed by atoms with Gasteiger partial charge in [0, 0.05) is 25.2 Å². The van der Waals surface area contributed by atoms with Crippen molar-refractivity contribution < 1.29 is 13.9 Å². The zero-order valence-electron chi connectivity index (χ0n) is 9.92. The van der Waals surface area contributed by atoms with E-state index in [4.69, 9.17) is 4.74 Å². The molecule has 0 radical (unpaired) electrons. The second-order valence-corrected chi connectivity index (χ2v) is 5.02. The van der Waals surface area contributed by atoms with Crippen LogP contribution in [0.2, 0.25) is 0 Å². The fraction of sp³-hybridized carbons (Fsp3) is 0.417. The van der Waals surface area contributed by atoms with Crippen molar-refractivity contribution in [1.82, 2.24) is 8.61 Å². The zero-order valence-corrected chi connectivity index (χ0v) is 10.7. The summed E-state index contributed by atoms with van der Waals surface area (Å²) in [7, 11) is 0. The highest BCUT2D eigenvalue weighted by Gasteiger charge is 2.20. The van der Waals surface area contributed by atoms with E-state index in [9.17, 15) is 9.18 Å². The molecule has 2 rings (SSSR count). The molecular formula is C12H15FN2O2S. The molecule has 6 heteroatoms. The summed E-state index contributed by atoms with van der Waals surface area (Å²) >= 11 is 1.13. The molecule has 1 saturated heterocycles. The van der Waals surface area contributed by atoms with E-state index in [1.165, 1.54) is 0 Å². The topological polar surface area (TPSA) is 32.8 Å². The molecule has 0 bridgehead atoms. The minimum Gasteiger partial charge on any atom is -0.379 e. The van der Waals surface area contributed by atoms with Crippen LogP contribution in [0.3, 0.4) is 0 Å². The van der Waals surface area contributed by atoms with E-state index in [1.54, 1.807) is 0 Å². The minimum absolute atomic E-state index is 0.262. The highest BCUT2D eigenvalue weighted by Crippen LogP contribution is 2.21. The largest absolute Gasteiger partial charge is 0.411 e. The summed E-state index contributed by atoms with van der Waals surface area (Å²) in [5.74, 6) is 0. The monoisotopic (exact) mass is 270 g/mol. The smallest absolute Gasteiger partial charge is 0.379 e. The van der Waals surface area contributed by atoms with Gasteiger partial charge in [-0.05, 0) is 5.56 Å². The molecule has 18 heavy (non-hydrogen) atoms. The van der Waals surface area contributed by atoms with Crippen LogP contribution in [0.15, 0.2) is 30.3 Å². The fourth-order valence-corrected chi connectivity index (χ4v) is 2.50. The van der Waals surface area contributed by atoms with Crippen LogP contribution in [0, 0.1) is 0 Å². The molecular weight excluding hydrogens is 255 g/mol. The molecule has 98 valence electrons.